The first-order valence-corrected chi connectivity index (χ1v) is 6.43. The van der Waals surface area contributed by atoms with E-state index < -0.39 is 0 Å². The largest absolute Gasteiger partial charge is 0.496 e. The van der Waals surface area contributed by atoms with Crippen LogP contribution in [-0.2, 0) is 0 Å². The van der Waals surface area contributed by atoms with E-state index in [1.165, 1.54) is 11.3 Å². The monoisotopic (exact) mass is 282 g/mol. The van der Waals surface area contributed by atoms with E-state index in [2.05, 4.69) is 10.3 Å². The Morgan fingerprint density at radius 3 is 2.89 bits per heavy atom. The van der Waals surface area contributed by atoms with Crippen LogP contribution >= 0.6 is 22.9 Å². The van der Waals surface area contributed by atoms with E-state index in [-0.39, 0.29) is 5.91 Å². The highest BCUT2D eigenvalue weighted by Gasteiger charge is 2.11. The van der Waals surface area contributed by atoms with Crippen molar-refractivity contribution in [2.75, 3.05) is 12.4 Å². The zero-order chi connectivity index (χ0) is 13.1. The number of nitrogens with zero attached hydrogens (tertiary/aromatic N) is 1. The van der Waals surface area contributed by atoms with Gasteiger partial charge in [-0.1, -0.05) is 11.6 Å². The fraction of sp³-hybridized carbons (Fsp3) is 0.167. The predicted molar refractivity (Wildman–Crippen MR) is 72.8 cm³/mol. The van der Waals surface area contributed by atoms with Crippen LogP contribution in [0.1, 0.15) is 15.4 Å². The number of halogens is 1. The number of carbonyl (C=O) groups excluding carboxylic acids is 1. The molecule has 2 aromatic heterocycles. The summed E-state index contributed by atoms with van der Waals surface area (Å²) in [4.78, 5) is 16.6. The minimum absolute atomic E-state index is 0.185. The van der Waals surface area contributed by atoms with Crippen molar-refractivity contribution in [3.05, 3.63) is 39.3 Å². The summed E-state index contributed by atoms with van der Waals surface area (Å²) in [6, 6.07) is 5.06. The summed E-state index contributed by atoms with van der Waals surface area (Å²) in [5.74, 6) is 0.492. The van der Waals surface area contributed by atoms with Gasteiger partial charge in [0.25, 0.3) is 5.91 Å². The van der Waals surface area contributed by atoms with Crippen LogP contribution < -0.4 is 10.1 Å². The van der Waals surface area contributed by atoms with Crippen molar-refractivity contribution in [2.24, 2.45) is 0 Å². The lowest BCUT2D eigenvalue weighted by atomic mass is 10.3. The van der Waals surface area contributed by atoms with Crippen molar-refractivity contribution in [1.82, 2.24) is 4.98 Å². The summed E-state index contributed by atoms with van der Waals surface area (Å²) in [7, 11) is 1.57. The highest BCUT2D eigenvalue weighted by atomic mass is 35.5. The van der Waals surface area contributed by atoms with Crippen LogP contribution in [0.25, 0.3) is 0 Å². The number of hydrogen-bond acceptors (Lipinski definition) is 4. The number of anilines is 1. The molecule has 0 spiro atoms. The number of carbonyl (C=O) groups is 1. The lowest BCUT2D eigenvalue weighted by molar-refractivity contribution is 0.103. The number of nitrogens with one attached hydrogen (secondary N) is 1. The van der Waals surface area contributed by atoms with Gasteiger partial charge in [-0.3, -0.25) is 4.79 Å². The Bertz CT molecular complexity index is 583. The molecule has 4 nitrogen and oxygen atoms in total. The third kappa shape index (κ3) is 2.80. The summed E-state index contributed by atoms with van der Waals surface area (Å²) in [6.45, 7) is 1.79. The van der Waals surface area contributed by atoms with E-state index in [4.69, 9.17) is 16.3 Å². The Morgan fingerprint density at radius 1 is 1.50 bits per heavy atom. The Morgan fingerprint density at radius 2 is 2.28 bits per heavy atom. The van der Waals surface area contributed by atoms with Crippen molar-refractivity contribution in [3.63, 3.8) is 0 Å². The molecule has 0 radical (unpaired) electrons. The lowest BCUT2D eigenvalue weighted by Crippen LogP contribution is -2.11. The second-order valence-electron chi connectivity index (χ2n) is 3.57. The molecular formula is C12H11ClN2O2S. The fourth-order valence-corrected chi connectivity index (χ4v) is 2.33. The first kappa shape index (κ1) is 12.9. The number of aryl methyl sites for hydroxylation is 1. The van der Waals surface area contributed by atoms with Crippen molar-refractivity contribution >= 4 is 34.5 Å². The summed E-state index contributed by atoms with van der Waals surface area (Å²) < 4.78 is 5.04. The molecule has 0 saturated carbocycles. The van der Waals surface area contributed by atoms with Gasteiger partial charge >= 0.3 is 0 Å². The van der Waals surface area contributed by atoms with E-state index in [9.17, 15) is 4.79 Å². The third-order valence-corrected chi connectivity index (χ3v) is 3.45. The molecular weight excluding hydrogens is 272 g/mol. The number of ether oxygens (including phenoxy) is 1. The molecule has 0 aliphatic carbocycles. The first-order chi connectivity index (χ1) is 8.60. The molecule has 0 saturated heterocycles. The molecule has 0 unspecified atom stereocenters. The van der Waals surface area contributed by atoms with Crippen LogP contribution in [0.4, 0.5) is 5.69 Å². The van der Waals surface area contributed by atoms with Crippen LogP contribution in [0, 0.1) is 6.92 Å². The smallest absolute Gasteiger partial charge is 0.265 e. The molecule has 18 heavy (non-hydrogen) atoms. The maximum atomic E-state index is 12.0. The van der Waals surface area contributed by atoms with Crippen LogP contribution in [0.15, 0.2) is 23.6 Å². The van der Waals surface area contributed by atoms with Gasteiger partial charge < -0.3 is 10.1 Å². The van der Waals surface area contributed by atoms with Crippen LogP contribution in [-0.4, -0.2) is 18.0 Å². The molecule has 0 bridgehead atoms. The molecule has 0 aromatic carbocycles. The van der Waals surface area contributed by atoms with Gasteiger partial charge in [0.1, 0.15) is 10.9 Å². The molecule has 2 heterocycles. The molecule has 1 N–H and O–H groups in total. The van der Waals surface area contributed by atoms with E-state index in [0.717, 1.165) is 0 Å². The molecule has 0 fully saturated rings. The van der Waals surface area contributed by atoms with Crippen molar-refractivity contribution in [3.8, 4) is 5.75 Å². The molecule has 0 aliphatic heterocycles. The van der Waals surface area contributed by atoms with Crippen molar-refractivity contribution in [2.45, 2.75) is 6.92 Å². The SMILES string of the molecule is COc1csc(C(=O)Nc2ccc(Cl)nc2C)c1. The van der Waals surface area contributed by atoms with Crippen molar-refractivity contribution < 1.29 is 9.53 Å². The van der Waals surface area contributed by atoms with Gasteiger partial charge in [-0.2, -0.15) is 0 Å². The van der Waals surface area contributed by atoms with Gasteiger partial charge in [0.05, 0.1) is 23.4 Å². The Kier molecular flexibility index (Phi) is 3.84. The van der Waals surface area contributed by atoms with Crippen LogP contribution in [0.5, 0.6) is 5.75 Å². The summed E-state index contributed by atoms with van der Waals surface area (Å²) in [6.07, 6.45) is 0. The van der Waals surface area contributed by atoms with E-state index in [1.807, 2.05) is 0 Å². The average Bonchev–Trinajstić information content (AvgIpc) is 2.81. The second-order valence-corrected chi connectivity index (χ2v) is 4.87. The van der Waals surface area contributed by atoms with E-state index in [0.29, 0.717) is 27.2 Å². The minimum Gasteiger partial charge on any atom is -0.496 e. The molecule has 0 aliphatic rings. The molecule has 94 valence electrons. The molecule has 2 aromatic rings. The van der Waals surface area contributed by atoms with Gasteiger partial charge in [-0.15, -0.1) is 11.3 Å². The van der Waals surface area contributed by atoms with E-state index in [1.54, 1.807) is 37.6 Å². The zero-order valence-corrected chi connectivity index (χ0v) is 11.4. The fourth-order valence-electron chi connectivity index (χ4n) is 1.39. The summed E-state index contributed by atoms with van der Waals surface area (Å²) in [5, 5.41) is 4.97. The maximum Gasteiger partial charge on any atom is 0.265 e. The average molecular weight is 283 g/mol. The number of thiophene rings is 1. The number of hydrogen-bond donors (Lipinski definition) is 1. The van der Waals surface area contributed by atoms with Crippen molar-refractivity contribution in [1.29, 1.82) is 0 Å². The lowest BCUT2D eigenvalue weighted by Gasteiger charge is -2.06. The third-order valence-electron chi connectivity index (χ3n) is 2.33. The maximum absolute atomic E-state index is 12.0. The molecule has 2 rings (SSSR count). The quantitative estimate of drug-likeness (QED) is 0.878. The molecule has 6 heteroatoms. The number of rotatable bonds is 3. The molecule has 0 atom stereocenters. The van der Waals surface area contributed by atoms with Gasteiger partial charge in [0.2, 0.25) is 0 Å². The van der Waals surface area contributed by atoms with Gasteiger partial charge in [0, 0.05) is 11.4 Å². The van der Waals surface area contributed by atoms with Crippen LogP contribution in [0.3, 0.4) is 0 Å². The number of methoxy groups -OCH3 is 1. The van der Waals surface area contributed by atoms with Gasteiger partial charge in [-0.25, -0.2) is 4.98 Å². The zero-order valence-electron chi connectivity index (χ0n) is 9.86. The highest BCUT2D eigenvalue weighted by molar-refractivity contribution is 7.12. The topological polar surface area (TPSA) is 51.2 Å². The predicted octanol–water partition coefficient (Wildman–Crippen LogP) is 3.37. The Balaban J connectivity index is 2.16. The van der Waals surface area contributed by atoms with Gasteiger partial charge in [0.15, 0.2) is 0 Å². The Labute approximate surface area is 114 Å². The summed E-state index contributed by atoms with van der Waals surface area (Å²) in [5.41, 5.74) is 1.33. The standard InChI is InChI=1S/C12H11ClN2O2S/c1-7-9(3-4-11(13)14-7)15-12(16)10-5-8(17-2)6-18-10/h3-6H,1-2H3,(H,15,16). The minimum atomic E-state index is -0.185. The summed E-state index contributed by atoms with van der Waals surface area (Å²) >= 11 is 7.08. The number of aromatic nitrogens is 1. The normalized spacial score (nSPS) is 10.2. The molecule has 1 amide bonds. The number of amides is 1. The first-order valence-electron chi connectivity index (χ1n) is 5.17. The highest BCUT2D eigenvalue weighted by Crippen LogP contribution is 2.23. The Hall–Kier alpha value is -1.59. The van der Waals surface area contributed by atoms with Crippen LogP contribution in [0.2, 0.25) is 5.15 Å². The van der Waals surface area contributed by atoms with Gasteiger partial charge in [-0.05, 0) is 19.1 Å². The van der Waals surface area contributed by atoms with E-state index >= 15 is 0 Å². The number of pyridine rings is 1. The second kappa shape index (κ2) is 5.37.